The smallest absolute Gasteiger partial charge is 0.128 e. The van der Waals surface area contributed by atoms with E-state index in [0.717, 1.165) is 17.7 Å². The predicted octanol–water partition coefficient (Wildman–Crippen LogP) is 6.09. The molecular formula is C17H17BrF2S. The molecule has 21 heavy (non-hydrogen) atoms. The summed E-state index contributed by atoms with van der Waals surface area (Å²) in [6.07, 6.45) is 5.96. The van der Waals surface area contributed by atoms with Crippen molar-refractivity contribution < 1.29 is 8.78 Å². The lowest BCUT2D eigenvalue weighted by Gasteiger charge is -2.11. The molecule has 1 heterocycles. The molecule has 0 saturated carbocycles. The number of rotatable bonds is 2. The lowest BCUT2D eigenvalue weighted by Crippen LogP contribution is -1.98. The van der Waals surface area contributed by atoms with E-state index < -0.39 is 0 Å². The van der Waals surface area contributed by atoms with Gasteiger partial charge in [-0.05, 0) is 61.9 Å². The van der Waals surface area contributed by atoms with E-state index >= 15 is 0 Å². The summed E-state index contributed by atoms with van der Waals surface area (Å²) in [6.45, 7) is 1.58. The molecule has 0 fully saturated rings. The number of thiophene rings is 1. The van der Waals surface area contributed by atoms with E-state index in [9.17, 15) is 8.78 Å². The van der Waals surface area contributed by atoms with Gasteiger partial charge in [0.2, 0.25) is 0 Å². The van der Waals surface area contributed by atoms with Gasteiger partial charge in [0.25, 0.3) is 0 Å². The fourth-order valence-corrected chi connectivity index (χ4v) is 4.84. The van der Waals surface area contributed by atoms with E-state index in [1.807, 2.05) is 0 Å². The molecule has 0 bridgehead atoms. The molecule has 1 aromatic carbocycles. The van der Waals surface area contributed by atoms with Crippen LogP contribution >= 0.6 is 27.3 Å². The monoisotopic (exact) mass is 370 g/mol. The van der Waals surface area contributed by atoms with Gasteiger partial charge in [-0.2, -0.15) is 0 Å². The number of alkyl halides is 1. The first-order valence-corrected chi connectivity index (χ1v) is 9.00. The zero-order valence-electron chi connectivity index (χ0n) is 11.9. The van der Waals surface area contributed by atoms with Gasteiger partial charge in [0.05, 0.1) is 4.83 Å². The minimum Gasteiger partial charge on any atom is -0.207 e. The van der Waals surface area contributed by atoms with Crippen molar-refractivity contribution in [3.63, 3.8) is 0 Å². The first kappa shape index (κ1) is 15.2. The number of halogens is 3. The highest BCUT2D eigenvalue weighted by molar-refractivity contribution is 9.09. The summed E-state index contributed by atoms with van der Waals surface area (Å²) in [4.78, 5) is 2.22. The van der Waals surface area contributed by atoms with Gasteiger partial charge in [-0.15, -0.1) is 11.3 Å². The highest BCUT2D eigenvalue weighted by atomic mass is 79.9. The number of hydrogen-bond donors (Lipinski definition) is 0. The third-order valence-electron chi connectivity index (χ3n) is 4.07. The maximum Gasteiger partial charge on any atom is 0.128 e. The normalized spacial score (nSPS) is 16.4. The van der Waals surface area contributed by atoms with Crippen molar-refractivity contribution in [2.24, 2.45) is 0 Å². The maximum atomic E-state index is 14.1. The lowest BCUT2D eigenvalue weighted by molar-refractivity contribution is 0.581. The summed E-state index contributed by atoms with van der Waals surface area (Å²) in [5.41, 5.74) is 2.12. The van der Waals surface area contributed by atoms with Crippen LogP contribution in [0.4, 0.5) is 8.78 Å². The second-order valence-electron chi connectivity index (χ2n) is 5.64. The van der Waals surface area contributed by atoms with Crippen molar-refractivity contribution in [3.8, 4) is 0 Å². The van der Waals surface area contributed by atoms with Gasteiger partial charge in [0, 0.05) is 15.3 Å². The molecule has 0 aliphatic heterocycles. The first-order chi connectivity index (χ1) is 10.1. The molecule has 0 radical (unpaired) electrons. The van der Waals surface area contributed by atoms with Gasteiger partial charge >= 0.3 is 0 Å². The molecule has 1 aromatic heterocycles. The topological polar surface area (TPSA) is 0 Å². The molecule has 3 rings (SSSR count). The van der Waals surface area contributed by atoms with E-state index in [1.165, 1.54) is 41.8 Å². The fourth-order valence-electron chi connectivity index (χ4n) is 2.82. The molecule has 0 N–H and O–H groups in total. The van der Waals surface area contributed by atoms with Gasteiger partial charge in [-0.1, -0.05) is 22.4 Å². The molecule has 1 aliphatic rings. The Balaban J connectivity index is 1.95. The van der Waals surface area contributed by atoms with Crippen LogP contribution in [0.15, 0.2) is 18.2 Å². The highest BCUT2D eigenvalue weighted by Gasteiger charge is 2.21. The van der Waals surface area contributed by atoms with Crippen molar-refractivity contribution in [2.75, 3.05) is 0 Å². The second kappa shape index (κ2) is 6.17. The van der Waals surface area contributed by atoms with Crippen LogP contribution in [0.2, 0.25) is 0 Å². The van der Waals surface area contributed by atoms with Gasteiger partial charge in [0.15, 0.2) is 0 Å². The van der Waals surface area contributed by atoms with Crippen molar-refractivity contribution >= 4 is 27.3 Å². The lowest BCUT2D eigenvalue weighted by atomic mass is 10.1. The summed E-state index contributed by atoms with van der Waals surface area (Å²) >= 11 is 5.29. The Labute approximate surface area is 136 Å². The molecule has 0 nitrogen and oxygen atoms in total. The van der Waals surface area contributed by atoms with Crippen LogP contribution in [0.5, 0.6) is 0 Å². The Hall–Kier alpha value is -0.740. The van der Waals surface area contributed by atoms with Crippen LogP contribution in [0.3, 0.4) is 0 Å². The summed E-state index contributed by atoms with van der Waals surface area (Å²) in [7, 11) is 0. The summed E-state index contributed by atoms with van der Waals surface area (Å²) < 4.78 is 27.9. The number of benzene rings is 1. The minimum atomic E-state index is -0.353. The van der Waals surface area contributed by atoms with Gasteiger partial charge in [0.1, 0.15) is 11.6 Å². The fraction of sp³-hybridized carbons (Fsp3) is 0.412. The van der Waals surface area contributed by atoms with Gasteiger partial charge in [-0.3, -0.25) is 0 Å². The molecule has 1 unspecified atom stereocenters. The largest absolute Gasteiger partial charge is 0.207 e. The second-order valence-corrected chi connectivity index (χ2v) is 7.73. The van der Waals surface area contributed by atoms with Crippen molar-refractivity contribution in [1.82, 2.24) is 0 Å². The Morgan fingerprint density at radius 3 is 2.62 bits per heavy atom. The molecule has 112 valence electrons. The van der Waals surface area contributed by atoms with Crippen LogP contribution in [-0.2, 0) is 12.8 Å². The van der Waals surface area contributed by atoms with E-state index in [-0.39, 0.29) is 16.5 Å². The average Bonchev–Trinajstić information content (AvgIpc) is 2.73. The molecule has 1 aliphatic carbocycles. The summed E-state index contributed by atoms with van der Waals surface area (Å²) in [5.74, 6) is -0.701. The Morgan fingerprint density at radius 1 is 1.05 bits per heavy atom. The van der Waals surface area contributed by atoms with Crippen molar-refractivity contribution in [1.29, 1.82) is 0 Å². The van der Waals surface area contributed by atoms with Gasteiger partial charge in [-0.25, -0.2) is 8.78 Å². The molecule has 4 heteroatoms. The van der Waals surface area contributed by atoms with Crippen molar-refractivity contribution in [2.45, 2.75) is 43.9 Å². The van der Waals surface area contributed by atoms with Crippen molar-refractivity contribution in [3.05, 3.63) is 56.3 Å². The molecule has 2 aromatic rings. The third-order valence-corrected chi connectivity index (χ3v) is 6.66. The Bertz CT molecular complexity index is 640. The van der Waals surface area contributed by atoms with E-state index in [2.05, 4.69) is 22.0 Å². The first-order valence-electron chi connectivity index (χ1n) is 7.27. The SMILES string of the molecule is Cc1cc(F)c(C(Br)c2cc3c(s2)CCCCC3)cc1F. The maximum absolute atomic E-state index is 14.1. The molecule has 0 amide bonds. The van der Waals surface area contributed by atoms with Crippen LogP contribution in [-0.4, -0.2) is 0 Å². The van der Waals surface area contributed by atoms with E-state index in [1.54, 1.807) is 18.3 Å². The predicted molar refractivity (Wildman–Crippen MR) is 87.4 cm³/mol. The standard InChI is InChI=1S/C17H17BrF2S/c1-10-7-14(20)12(9-13(10)19)17(18)16-8-11-5-3-2-4-6-15(11)21-16/h7-9,17H,2-6H2,1H3. The van der Waals surface area contributed by atoms with Crippen LogP contribution in [0.1, 0.15) is 50.5 Å². The number of fused-ring (bicyclic) bond motifs is 1. The van der Waals surface area contributed by atoms with E-state index in [4.69, 9.17) is 0 Å². The molecule has 0 spiro atoms. The molecule has 0 saturated heterocycles. The van der Waals surface area contributed by atoms with Crippen LogP contribution < -0.4 is 0 Å². The molecular weight excluding hydrogens is 354 g/mol. The van der Waals surface area contributed by atoms with E-state index in [0.29, 0.717) is 11.1 Å². The Kier molecular flexibility index (Phi) is 4.46. The highest BCUT2D eigenvalue weighted by Crippen LogP contribution is 2.40. The molecule has 1 atom stereocenters. The number of aryl methyl sites for hydroxylation is 3. The Morgan fingerprint density at radius 2 is 1.81 bits per heavy atom. The zero-order valence-corrected chi connectivity index (χ0v) is 14.3. The average molecular weight is 371 g/mol. The van der Waals surface area contributed by atoms with Gasteiger partial charge < -0.3 is 0 Å². The summed E-state index contributed by atoms with van der Waals surface area (Å²) in [6, 6.07) is 4.76. The number of hydrogen-bond acceptors (Lipinski definition) is 1. The van der Waals surface area contributed by atoms with Crippen LogP contribution in [0, 0.1) is 18.6 Å². The quantitative estimate of drug-likeness (QED) is 0.443. The third kappa shape index (κ3) is 3.07. The zero-order chi connectivity index (χ0) is 15.0. The summed E-state index contributed by atoms with van der Waals surface area (Å²) in [5, 5.41) is 0. The minimum absolute atomic E-state index is 0.274. The van der Waals surface area contributed by atoms with Crippen LogP contribution in [0.25, 0.3) is 0 Å².